The second-order valence-electron chi connectivity index (χ2n) is 5.15. The largest absolute Gasteiger partial charge is 0.306 e. The van der Waals surface area contributed by atoms with Gasteiger partial charge in [-0.05, 0) is 30.3 Å². The normalized spacial score (nSPS) is 11.0. The first-order valence-electron chi connectivity index (χ1n) is 7.20. The van der Waals surface area contributed by atoms with Crippen molar-refractivity contribution >= 4 is 5.52 Å². The van der Waals surface area contributed by atoms with E-state index in [-0.39, 0.29) is 5.56 Å². The SMILES string of the molecule is O=c1c2cc(-c3ccncc3)nn2ccn1Cc1ccccn1. The van der Waals surface area contributed by atoms with Crippen LogP contribution in [0.2, 0.25) is 0 Å². The Morgan fingerprint density at radius 3 is 2.65 bits per heavy atom. The summed E-state index contributed by atoms with van der Waals surface area (Å²) in [5.41, 5.74) is 2.97. The zero-order valence-electron chi connectivity index (χ0n) is 12.2. The lowest BCUT2D eigenvalue weighted by Crippen LogP contribution is -2.22. The van der Waals surface area contributed by atoms with Gasteiger partial charge in [-0.25, -0.2) is 4.52 Å². The third kappa shape index (κ3) is 2.50. The first kappa shape index (κ1) is 13.4. The van der Waals surface area contributed by atoms with Crippen molar-refractivity contribution in [1.29, 1.82) is 0 Å². The molecule has 0 aliphatic carbocycles. The van der Waals surface area contributed by atoms with Crippen molar-refractivity contribution in [2.75, 3.05) is 0 Å². The van der Waals surface area contributed by atoms with Crippen molar-refractivity contribution in [1.82, 2.24) is 24.1 Å². The number of aromatic nitrogens is 5. The summed E-state index contributed by atoms with van der Waals surface area (Å²) in [6.45, 7) is 0.436. The van der Waals surface area contributed by atoms with Gasteiger partial charge < -0.3 is 4.57 Å². The molecule has 23 heavy (non-hydrogen) atoms. The predicted octanol–water partition coefficient (Wildman–Crippen LogP) is 2.00. The summed E-state index contributed by atoms with van der Waals surface area (Å²) in [7, 11) is 0. The van der Waals surface area contributed by atoms with E-state index in [9.17, 15) is 4.79 Å². The minimum absolute atomic E-state index is 0.0917. The molecule has 0 spiro atoms. The van der Waals surface area contributed by atoms with Gasteiger partial charge in [-0.1, -0.05) is 6.07 Å². The number of hydrogen-bond acceptors (Lipinski definition) is 4. The van der Waals surface area contributed by atoms with E-state index in [4.69, 9.17) is 0 Å². The maximum absolute atomic E-state index is 12.6. The van der Waals surface area contributed by atoms with Gasteiger partial charge in [0, 0.05) is 36.5 Å². The molecular weight excluding hydrogens is 290 g/mol. The highest BCUT2D eigenvalue weighted by Crippen LogP contribution is 2.17. The van der Waals surface area contributed by atoms with Crippen LogP contribution in [0, 0.1) is 0 Å². The number of nitrogens with zero attached hydrogens (tertiary/aromatic N) is 5. The highest BCUT2D eigenvalue weighted by molar-refractivity contribution is 5.64. The molecule has 0 atom stereocenters. The number of fused-ring (bicyclic) bond motifs is 1. The highest BCUT2D eigenvalue weighted by Gasteiger charge is 2.09. The second kappa shape index (κ2) is 5.49. The molecule has 0 aliphatic rings. The standard InChI is InChI=1S/C17H13N5O/c23-17-16-11-15(13-4-7-18-8-5-13)20-22(16)10-9-21(17)12-14-3-1-2-6-19-14/h1-11H,12H2. The molecule has 4 aromatic heterocycles. The first-order valence-corrected chi connectivity index (χ1v) is 7.20. The summed E-state index contributed by atoms with van der Waals surface area (Å²) < 4.78 is 3.24. The van der Waals surface area contributed by atoms with Gasteiger partial charge in [0.05, 0.1) is 17.9 Å². The average Bonchev–Trinajstić information content (AvgIpc) is 3.04. The Hall–Kier alpha value is -3.28. The molecule has 0 aromatic carbocycles. The quantitative estimate of drug-likeness (QED) is 0.580. The van der Waals surface area contributed by atoms with Gasteiger partial charge in [0.1, 0.15) is 5.52 Å². The number of pyridine rings is 2. The maximum atomic E-state index is 12.6. The van der Waals surface area contributed by atoms with Crippen LogP contribution in [0.3, 0.4) is 0 Å². The molecule has 4 heterocycles. The lowest BCUT2D eigenvalue weighted by atomic mass is 10.2. The molecule has 0 saturated heterocycles. The van der Waals surface area contributed by atoms with Crippen LogP contribution in [0.1, 0.15) is 5.69 Å². The van der Waals surface area contributed by atoms with Crippen LogP contribution in [0.5, 0.6) is 0 Å². The van der Waals surface area contributed by atoms with Crippen LogP contribution < -0.4 is 5.56 Å². The van der Waals surface area contributed by atoms with Gasteiger partial charge in [-0.15, -0.1) is 0 Å². The van der Waals surface area contributed by atoms with Crippen LogP contribution in [-0.4, -0.2) is 24.1 Å². The van der Waals surface area contributed by atoms with Crippen LogP contribution in [0.4, 0.5) is 0 Å². The van der Waals surface area contributed by atoms with Crippen LogP contribution >= 0.6 is 0 Å². The van der Waals surface area contributed by atoms with E-state index in [1.807, 2.05) is 30.3 Å². The Morgan fingerprint density at radius 2 is 1.87 bits per heavy atom. The van der Waals surface area contributed by atoms with E-state index < -0.39 is 0 Å². The summed E-state index contributed by atoms with van der Waals surface area (Å²) in [6, 6.07) is 11.2. The van der Waals surface area contributed by atoms with Gasteiger partial charge in [-0.3, -0.25) is 14.8 Å². The van der Waals surface area contributed by atoms with E-state index >= 15 is 0 Å². The fraction of sp³-hybridized carbons (Fsp3) is 0.0588. The third-order valence-corrected chi connectivity index (χ3v) is 3.64. The van der Waals surface area contributed by atoms with Gasteiger partial charge in [0.25, 0.3) is 5.56 Å². The number of hydrogen-bond donors (Lipinski definition) is 0. The molecular formula is C17H13N5O. The summed E-state index contributed by atoms with van der Waals surface area (Å²) >= 11 is 0. The molecule has 0 aliphatic heterocycles. The molecule has 0 saturated carbocycles. The van der Waals surface area contributed by atoms with Crippen LogP contribution in [-0.2, 0) is 6.54 Å². The van der Waals surface area contributed by atoms with Crippen molar-refractivity contribution < 1.29 is 0 Å². The summed E-state index contributed by atoms with van der Waals surface area (Å²) in [5.74, 6) is 0. The van der Waals surface area contributed by atoms with Crippen molar-refractivity contribution in [3.05, 3.63) is 83.4 Å². The van der Waals surface area contributed by atoms with Crippen molar-refractivity contribution in [3.8, 4) is 11.3 Å². The second-order valence-corrected chi connectivity index (χ2v) is 5.15. The molecule has 6 heteroatoms. The molecule has 0 amide bonds. The molecule has 4 rings (SSSR count). The number of rotatable bonds is 3. The smallest absolute Gasteiger partial charge is 0.276 e. The van der Waals surface area contributed by atoms with Gasteiger partial charge >= 0.3 is 0 Å². The molecule has 0 bridgehead atoms. The van der Waals surface area contributed by atoms with Crippen molar-refractivity contribution in [3.63, 3.8) is 0 Å². The lowest BCUT2D eigenvalue weighted by Gasteiger charge is -2.04. The van der Waals surface area contributed by atoms with E-state index in [2.05, 4.69) is 15.1 Å². The van der Waals surface area contributed by atoms with Crippen LogP contribution in [0.25, 0.3) is 16.8 Å². The maximum Gasteiger partial charge on any atom is 0.276 e. The van der Waals surface area contributed by atoms with Gasteiger partial charge in [0.2, 0.25) is 0 Å². The third-order valence-electron chi connectivity index (χ3n) is 3.64. The molecule has 4 aromatic rings. The summed E-state index contributed by atoms with van der Waals surface area (Å²) in [6.07, 6.45) is 8.65. The van der Waals surface area contributed by atoms with E-state index in [1.54, 1.807) is 46.1 Å². The van der Waals surface area contributed by atoms with E-state index in [1.165, 1.54) is 0 Å². The summed E-state index contributed by atoms with van der Waals surface area (Å²) in [5, 5.41) is 4.45. The van der Waals surface area contributed by atoms with Crippen LogP contribution in [0.15, 0.2) is 72.2 Å². The lowest BCUT2D eigenvalue weighted by molar-refractivity contribution is 0.726. The predicted molar refractivity (Wildman–Crippen MR) is 86.0 cm³/mol. The van der Waals surface area contributed by atoms with Crippen molar-refractivity contribution in [2.45, 2.75) is 6.54 Å². The van der Waals surface area contributed by atoms with Crippen molar-refractivity contribution in [2.24, 2.45) is 0 Å². The van der Waals surface area contributed by atoms with Gasteiger partial charge in [0.15, 0.2) is 0 Å². The molecule has 0 fully saturated rings. The Kier molecular flexibility index (Phi) is 3.20. The molecule has 0 radical (unpaired) electrons. The Labute approximate surface area is 131 Å². The molecule has 112 valence electrons. The zero-order valence-corrected chi connectivity index (χ0v) is 12.2. The molecule has 0 N–H and O–H groups in total. The topological polar surface area (TPSA) is 65.1 Å². The average molecular weight is 303 g/mol. The fourth-order valence-corrected chi connectivity index (χ4v) is 2.48. The minimum atomic E-state index is -0.0917. The van der Waals surface area contributed by atoms with Gasteiger partial charge in [-0.2, -0.15) is 5.10 Å². The Morgan fingerprint density at radius 1 is 1.00 bits per heavy atom. The highest BCUT2D eigenvalue weighted by atomic mass is 16.1. The summed E-state index contributed by atoms with van der Waals surface area (Å²) in [4.78, 5) is 20.9. The first-order chi connectivity index (χ1) is 11.3. The Balaban J connectivity index is 1.78. The zero-order chi connectivity index (χ0) is 15.6. The molecule has 0 unspecified atom stereocenters. The monoisotopic (exact) mass is 303 g/mol. The molecule has 6 nitrogen and oxygen atoms in total. The van der Waals surface area contributed by atoms with E-state index in [0.717, 1.165) is 17.0 Å². The minimum Gasteiger partial charge on any atom is -0.306 e. The van der Waals surface area contributed by atoms with E-state index in [0.29, 0.717) is 12.1 Å². The Bertz CT molecular complexity index is 1010. The fourth-order valence-electron chi connectivity index (χ4n) is 2.48.